The lowest BCUT2D eigenvalue weighted by atomic mass is 9.36. The number of methoxy groups -OCH3 is 1. The van der Waals surface area contributed by atoms with E-state index in [4.69, 9.17) is 18.9 Å². The zero-order valence-electron chi connectivity index (χ0n) is 28.0. The maximum Gasteiger partial charge on any atom is 0.306 e. The number of aryl methyl sites for hydroxylation is 1. The Hall–Kier alpha value is -3.94. The van der Waals surface area contributed by atoms with Gasteiger partial charge in [-0.2, -0.15) is 0 Å². The fraction of sp³-hybridized carbons (Fsp3) is 0.611. The van der Waals surface area contributed by atoms with Crippen molar-refractivity contribution >= 4 is 35.1 Å². The van der Waals surface area contributed by atoms with Gasteiger partial charge < -0.3 is 33.7 Å². The molecule has 0 radical (unpaired) electrons. The van der Waals surface area contributed by atoms with E-state index in [1.54, 1.807) is 7.05 Å². The molecule has 4 saturated carbocycles. The van der Waals surface area contributed by atoms with E-state index in [0.29, 0.717) is 24.8 Å². The minimum atomic E-state index is -2.40. The van der Waals surface area contributed by atoms with Gasteiger partial charge in [-0.1, -0.05) is 20.4 Å². The zero-order valence-corrected chi connectivity index (χ0v) is 28.0. The lowest BCUT2D eigenvalue weighted by molar-refractivity contribution is -0.437. The lowest BCUT2D eigenvalue weighted by Gasteiger charge is -2.72. The predicted molar refractivity (Wildman–Crippen MR) is 166 cm³/mol. The molecule has 4 bridgehead atoms. The third kappa shape index (κ3) is 4.21. The summed E-state index contributed by atoms with van der Waals surface area (Å²) in [5, 5.41) is 24.1. The Labute approximate surface area is 282 Å². The molecule has 3 heterocycles. The number of aliphatic hydroxyl groups is 2. The second-order valence-electron chi connectivity index (χ2n) is 15.1. The number of carbonyl (C=O) groups excluding carboxylic acids is 6. The van der Waals surface area contributed by atoms with Crippen LogP contribution in [0.2, 0.25) is 0 Å². The highest BCUT2D eigenvalue weighted by Crippen LogP contribution is 2.76. The van der Waals surface area contributed by atoms with Crippen molar-refractivity contribution in [3.63, 3.8) is 0 Å². The molecule has 49 heavy (non-hydrogen) atoms. The number of ketones is 4. The van der Waals surface area contributed by atoms with Crippen LogP contribution in [0.5, 0.6) is 0 Å². The van der Waals surface area contributed by atoms with Gasteiger partial charge in [0.1, 0.15) is 35.7 Å². The van der Waals surface area contributed by atoms with Crippen molar-refractivity contribution in [2.75, 3.05) is 13.7 Å². The minimum absolute atomic E-state index is 0.0311. The quantitative estimate of drug-likeness (QED) is 0.302. The van der Waals surface area contributed by atoms with Crippen LogP contribution in [-0.4, -0.2) is 81.6 Å². The van der Waals surface area contributed by atoms with Gasteiger partial charge in [-0.15, -0.1) is 0 Å². The Morgan fingerprint density at radius 1 is 1.12 bits per heavy atom. The first kappa shape index (κ1) is 33.6. The maximum absolute atomic E-state index is 14.2. The van der Waals surface area contributed by atoms with Crippen molar-refractivity contribution < 1.29 is 57.9 Å². The van der Waals surface area contributed by atoms with Crippen molar-refractivity contribution in [2.45, 2.75) is 83.4 Å². The van der Waals surface area contributed by atoms with E-state index in [1.165, 1.54) is 17.9 Å². The van der Waals surface area contributed by atoms with Crippen LogP contribution < -0.4 is 0 Å². The molecule has 7 aliphatic rings. The number of carbonyl (C=O) groups is 6. The van der Waals surface area contributed by atoms with E-state index in [9.17, 15) is 39.0 Å². The molecular formula is C36H41NO12. The number of hydrogen-bond donors (Lipinski definition) is 2. The first-order chi connectivity index (χ1) is 23.1. The largest absolute Gasteiger partial charge is 0.492 e. The number of nitrogens with zero attached hydrogens (tertiary/aromatic N) is 1. The molecule has 8 atom stereocenters. The number of aliphatic hydroxyl groups excluding tert-OH is 1. The molecular weight excluding hydrogens is 638 g/mol. The van der Waals surface area contributed by atoms with Gasteiger partial charge in [-0.05, 0) is 42.6 Å². The van der Waals surface area contributed by atoms with Crippen molar-refractivity contribution in [1.29, 1.82) is 0 Å². The van der Waals surface area contributed by atoms with E-state index in [0.717, 1.165) is 6.08 Å². The monoisotopic (exact) mass is 679 g/mol. The summed E-state index contributed by atoms with van der Waals surface area (Å²) < 4.78 is 23.9. The van der Waals surface area contributed by atoms with Crippen molar-refractivity contribution in [2.24, 2.45) is 41.0 Å². The SMILES string of the molecule is C=C1C(=O)[C@]23[C@H](OC(=O)CCCC(=O)OCc4cn(C)c5c4C(=O)C(OC)=CC5=O)[C@H]1CC[C@H]2[C@@]12CO[C@@]3(O)[C@@H](O)[C@@H]1C(C)(C)CCC2=O. The van der Waals surface area contributed by atoms with Gasteiger partial charge in [-0.3, -0.25) is 28.8 Å². The third-order valence-corrected chi connectivity index (χ3v) is 12.5. The van der Waals surface area contributed by atoms with E-state index >= 15 is 0 Å². The minimum Gasteiger partial charge on any atom is -0.492 e. The van der Waals surface area contributed by atoms with Crippen molar-refractivity contribution in [3.8, 4) is 0 Å². The number of rotatable bonds is 8. The molecule has 262 valence electrons. The summed E-state index contributed by atoms with van der Waals surface area (Å²) in [5.41, 5.74) is -2.88. The molecule has 13 nitrogen and oxygen atoms in total. The van der Waals surface area contributed by atoms with Crippen LogP contribution >= 0.6 is 0 Å². The Morgan fingerprint density at radius 2 is 1.84 bits per heavy atom. The van der Waals surface area contributed by atoms with E-state index in [-0.39, 0.29) is 67.3 Å². The van der Waals surface area contributed by atoms with Crippen LogP contribution in [0, 0.1) is 34.0 Å². The summed E-state index contributed by atoms with van der Waals surface area (Å²) >= 11 is 0. The standard InChI is InChI=1S/C36H41NO12/c1-17-19-9-10-22-34-16-48-36(45,31(44)29(34)33(2,3)12-11-23(34)39)35(22,30(17)43)32(19)49-25(41)8-6-7-24(40)47-15-18-14-37(4)27-20(38)13-21(46-5)28(42)26(18)27/h13-14,19,22,29,31-32,44-45H,1,6-12,15-16H2,2-5H3/t19-,22-,29+,31-,32+,34+,35-,36-/m0/s1. The number of fused-ring (bicyclic) bond motifs is 3. The molecule has 8 rings (SSSR count). The van der Waals surface area contributed by atoms with E-state index in [2.05, 4.69) is 6.58 Å². The topological polar surface area (TPSA) is 185 Å². The van der Waals surface area contributed by atoms with Crippen LogP contribution in [0.1, 0.15) is 85.2 Å². The smallest absolute Gasteiger partial charge is 0.306 e. The summed E-state index contributed by atoms with van der Waals surface area (Å²) in [6.45, 7) is 7.50. The van der Waals surface area contributed by atoms with Crippen LogP contribution in [0.4, 0.5) is 0 Å². The number of Topliss-reactive ketones (excluding diaryl/α,β-unsaturated/α-hetero) is 3. The van der Waals surface area contributed by atoms with Crippen molar-refractivity contribution in [3.05, 3.63) is 47.0 Å². The van der Waals surface area contributed by atoms with Gasteiger partial charge in [0.25, 0.3) is 0 Å². The van der Waals surface area contributed by atoms with Gasteiger partial charge in [-0.25, -0.2) is 0 Å². The third-order valence-electron chi connectivity index (χ3n) is 12.5. The molecule has 6 fully saturated rings. The van der Waals surface area contributed by atoms with Gasteiger partial charge in [0.05, 0.1) is 24.7 Å². The molecule has 2 saturated heterocycles. The van der Waals surface area contributed by atoms with Crippen LogP contribution in [0.25, 0.3) is 0 Å². The normalized spacial score (nSPS) is 36.9. The second kappa shape index (κ2) is 11.0. The fourth-order valence-corrected chi connectivity index (χ4v) is 10.5. The highest BCUT2D eigenvalue weighted by molar-refractivity contribution is 6.23. The molecule has 0 amide bonds. The molecule has 0 aromatic carbocycles. The average molecular weight is 680 g/mol. The second-order valence-corrected chi connectivity index (χ2v) is 15.1. The van der Waals surface area contributed by atoms with Crippen LogP contribution in [0.3, 0.4) is 0 Å². The van der Waals surface area contributed by atoms with Crippen molar-refractivity contribution in [1.82, 2.24) is 4.57 Å². The number of aromatic nitrogens is 1. The number of ether oxygens (including phenoxy) is 4. The molecule has 1 aromatic rings. The zero-order chi connectivity index (χ0) is 35.4. The molecule has 13 heteroatoms. The fourth-order valence-electron chi connectivity index (χ4n) is 10.5. The van der Waals surface area contributed by atoms with Gasteiger partial charge in [0, 0.05) is 56.0 Å². The van der Waals surface area contributed by atoms with Gasteiger partial charge >= 0.3 is 11.9 Å². The van der Waals surface area contributed by atoms with E-state index < -0.39 is 81.3 Å². The first-order valence-corrected chi connectivity index (χ1v) is 16.8. The summed E-state index contributed by atoms with van der Waals surface area (Å²) in [6.07, 6.45) is 1.07. The molecule has 2 spiro atoms. The Morgan fingerprint density at radius 3 is 2.55 bits per heavy atom. The Bertz CT molecular complexity index is 1770. The maximum atomic E-state index is 14.2. The number of esters is 2. The lowest BCUT2D eigenvalue weighted by Crippen LogP contribution is -2.85. The summed E-state index contributed by atoms with van der Waals surface area (Å²) in [7, 11) is 2.89. The Kier molecular flexibility index (Phi) is 7.55. The Balaban J connectivity index is 1.05. The van der Waals surface area contributed by atoms with Gasteiger partial charge in [0.2, 0.25) is 17.4 Å². The highest BCUT2D eigenvalue weighted by Gasteiger charge is 2.88. The van der Waals surface area contributed by atoms with Crippen LogP contribution in [0.15, 0.2) is 30.2 Å². The highest BCUT2D eigenvalue weighted by atomic mass is 16.6. The molecule has 0 unspecified atom stereocenters. The first-order valence-electron chi connectivity index (χ1n) is 16.8. The van der Waals surface area contributed by atoms with E-state index in [1.807, 2.05) is 13.8 Å². The summed E-state index contributed by atoms with van der Waals surface area (Å²) in [6, 6.07) is 0. The molecule has 1 aromatic heterocycles. The number of allylic oxidation sites excluding steroid dienone is 2. The summed E-state index contributed by atoms with van der Waals surface area (Å²) in [4.78, 5) is 79.4. The molecule has 2 aliphatic heterocycles. The van der Waals surface area contributed by atoms with Gasteiger partial charge in [0.15, 0.2) is 11.5 Å². The molecule has 2 N–H and O–H groups in total. The van der Waals surface area contributed by atoms with Crippen LogP contribution in [-0.2, 0) is 51.8 Å². The molecule has 5 aliphatic carbocycles. The average Bonchev–Trinajstić information content (AvgIpc) is 3.44. The predicted octanol–water partition coefficient (Wildman–Crippen LogP) is 2.30. The number of hydrogen-bond acceptors (Lipinski definition) is 12. The summed E-state index contributed by atoms with van der Waals surface area (Å²) in [5.74, 6) is -7.46.